The maximum atomic E-state index is 11.9. The average Bonchev–Trinajstić information content (AvgIpc) is 3.46. The van der Waals surface area contributed by atoms with E-state index >= 15 is 0 Å². The van der Waals surface area contributed by atoms with Gasteiger partial charge < -0.3 is 29.2 Å². The summed E-state index contributed by atoms with van der Waals surface area (Å²) in [6, 6.07) is 51.1. The molecule has 8 aromatic rings. The maximum absolute atomic E-state index is 11.9. The van der Waals surface area contributed by atoms with Crippen LogP contribution in [0.15, 0.2) is 180 Å². The Hall–Kier alpha value is -9.70. The lowest BCUT2D eigenvalue weighted by atomic mass is 9.91. The quantitative estimate of drug-likeness (QED) is 0.0243. The topological polar surface area (TPSA) is 212 Å². The Morgan fingerprint density at radius 1 is 0.436 bits per heavy atom. The van der Waals surface area contributed by atoms with Crippen molar-refractivity contribution >= 4 is 34.2 Å². The summed E-state index contributed by atoms with van der Waals surface area (Å²) in [4.78, 5) is 21.1. The Labute approximate surface area is 451 Å². The van der Waals surface area contributed by atoms with E-state index in [-0.39, 0.29) is 22.9 Å². The number of hydrazone groups is 2. The molecule has 78 heavy (non-hydrogen) atoms. The molecule has 16 nitrogen and oxygen atoms in total. The normalized spacial score (nSPS) is 12.3. The van der Waals surface area contributed by atoms with Gasteiger partial charge in [0.25, 0.3) is 11.4 Å². The molecule has 8 bridgehead atoms. The number of nitro groups is 2. The molecule has 0 spiro atoms. The van der Waals surface area contributed by atoms with Crippen LogP contribution in [0, 0.1) is 20.2 Å². The van der Waals surface area contributed by atoms with Crippen LogP contribution in [0.3, 0.4) is 0 Å². The number of anilines is 2. The van der Waals surface area contributed by atoms with Crippen LogP contribution >= 0.6 is 0 Å². The zero-order valence-corrected chi connectivity index (χ0v) is 43.2. The van der Waals surface area contributed by atoms with Crippen LogP contribution in [-0.4, -0.2) is 57.9 Å². The SMILES string of the molecule is C/C(=N\Nc1ccc([N+](=O)[O-])cc1)c1ccc(OCCCOc2c3cccc2Cc2cccc(c2O)Cc2cccc(c2OCCCOc2ccc(/C(C)=N/Nc4ccc([N+](=O)[O-])cc4)cc2)Cc2cccc(c2O)C3)cc1. The highest BCUT2D eigenvalue weighted by Crippen LogP contribution is 2.38. The fourth-order valence-corrected chi connectivity index (χ4v) is 9.06. The molecule has 396 valence electrons. The second-order valence-electron chi connectivity index (χ2n) is 18.7. The van der Waals surface area contributed by atoms with Crippen LogP contribution in [0.5, 0.6) is 34.5 Å². The predicted octanol–water partition coefficient (Wildman–Crippen LogP) is 13.0. The molecule has 0 saturated heterocycles. The largest absolute Gasteiger partial charge is 0.507 e. The number of para-hydroxylation sites is 4. The summed E-state index contributed by atoms with van der Waals surface area (Å²) in [6.07, 6.45) is 2.81. The van der Waals surface area contributed by atoms with Crippen LogP contribution in [0.25, 0.3) is 0 Å². The number of non-ortho nitro benzene ring substituents is 2. The molecule has 1 aliphatic rings. The van der Waals surface area contributed by atoms with Crippen LogP contribution in [0.4, 0.5) is 22.7 Å². The number of hydrogen-bond acceptors (Lipinski definition) is 14. The Kier molecular flexibility index (Phi) is 17.2. The number of phenolic OH excluding ortho intramolecular Hbond substituents is 2. The van der Waals surface area contributed by atoms with Gasteiger partial charge in [-0.1, -0.05) is 72.8 Å². The molecule has 0 fully saturated rings. The van der Waals surface area contributed by atoms with Crippen molar-refractivity contribution in [1.29, 1.82) is 0 Å². The van der Waals surface area contributed by atoms with Crippen molar-refractivity contribution in [2.45, 2.75) is 52.4 Å². The van der Waals surface area contributed by atoms with Crippen LogP contribution in [-0.2, 0) is 25.7 Å². The van der Waals surface area contributed by atoms with E-state index in [4.69, 9.17) is 18.9 Å². The molecule has 0 radical (unpaired) electrons. The van der Waals surface area contributed by atoms with E-state index in [0.717, 1.165) is 67.1 Å². The summed E-state index contributed by atoms with van der Waals surface area (Å²) >= 11 is 0. The van der Waals surface area contributed by atoms with E-state index in [2.05, 4.69) is 21.1 Å². The summed E-state index contributed by atoms with van der Waals surface area (Å²) in [5, 5.41) is 54.7. The van der Waals surface area contributed by atoms with E-state index in [1.165, 1.54) is 24.3 Å². The summed E-state index contributed by atoms with van der Waals surface area (Å²) in [6.45, 7) is 5.27. The van der Waals surface area contributed by atoms with Crippen molar-refractivity contribution in [3.63, 3.8) is 0 Å². The molecule has 4 N–H and O–H groups in total. The molecule has 0 aliphatic heterocycles. The minimum Gasteiger partial charge on any atom is -0.507 e. The highest BCUT2D eigenvalue weighted by Gasteiger charge is 2.21. The van der Waals surface area contributed by atoms with E-state index < -0.39 is 9.85 Å². The number of rotatable bonds is 20. The van der Waals surface area contributed by atoms with Gasteiger partial charge in [0.05, 0.1) is 59.1 Å². The number of nitrogens with zero attached hydrogens (tertiary/aromatic N) is 4. The van der Waals surface area contributed by atoms with Crippen LogP contribution in [0.1, 0.15) is 82.3 Å². The minimum atomic E-state index is -0.442. The van der Waals surface area contributed by atoms with Crippen molar-refractivity contribution in [3.05, 3.63) is 246 Å². The number of aromatic hydroxyl groups is 2. The summed E-state index contributed by atoms with van der Waals surface area (Å²) in [5.41, 5.74) is 17.0. The lowest BCUT2D eigenvalue weighted by Gasteiger charge is -2.20. The van der Waals surface area contributed by atoms with Gasteiger partial charge in [-0.25, -0.2) is 0 Å². The van der Waals surface area contributed by atoms with Gasteiger partial charge in [0.1, 0.15) is 34.5 Å². The fraction of sp³-hybridized carbons (Fsp3) is 0.194. The van der Waals surface area contributed by atoms with E-state index in [1.807, 2.05) is 135 Å². The monoisotopic (exact) mass is 1050 g/mol. The van der Waals surface area contributed by atoms with E-state index in [1.54, 1.807) is 24.3 Å². The Morgan fingerprint density at radius 2 is 0.731 bits per heavy atom. The molecule has 0 unspecified atom stereocenters. The van der Waals surface area contributed by atoms with Gasteiger partial charge in [-0.15, -0.1) is 0 Å². The second-order valence-corrected chi connectivity index (χ2v) is 18.7. The van der Waals surface area contributed by atoms with Gasteiger partial charge in [0, 0.05) is 62.8 Å². The van der Waals surface area contributed by atoms with Gasteiger partial charge in [-0.05, 0) is 142 Å². The molecule has 0 aromatic heterocycles. The Morgan fingerprint density at radius 3 is 1.04 bits per heavy atom. The highest BCUT2D eigenvalue weighted by atomic mass is 16.6. The molecule has 8 aromatic carbocycles. The number of fused-ring (bicyclic) bond motifs is 8. The molecular formula is C62H58N6O10. The predicted molar refractivity (Wildman–Crippen MR) is 302 cm³/mol. The lowest BCUT2D eigenvalue weighted by molar-refractivity contribution is -0.385. The summed E-state index contributed by atoms with van der Waals surface area (Å²) in [7, 11) is 0. The third-order valence-corrected chi connectivity index (χ3v) is 13.3. The molecule has 0 atom stereocenters. The first kappa shape index (κ1) is 53.1. The maximum Gasteiger partial charge on any atom is 0.269 e. The number of nitro benzene ring substituents is 2. The fourth-order valence-electron chi connectivity index (χ4n) is 9.06. The second kappa shape index (κ2) is 25.2. The van der Waals surface area contributed by atoms with E-state index in [0.29, 0.717) is 99.3 Å². The van der Waals surface area contributed by atoms with Gasteiger partial charge in [0.15, 0.2) is 0 Å². The van der Waals surface area contributed by atoms with Gasteiger partial charge in [-0.2, -0.15) is 10.2 Å². The third-order valence-electron chi connectivity index (χ3n) is 13.3. The molecule has 0 saturated carbocycles. The number of ether oxygens (including phenoxy) is 4. The van der Waals surface area contributed by atoms with Gasteiger partial charge in [-0.3, -0.25) is 31.1 Å². The van der Waals surface area contributed by atoms with Crippen molar-refractivity contribution in [3.8, 4) is 34.5 Å². The molecule has 0 heterocycles. The molecule has 16 heteroatoms. The van der Waals surface area contributed by atoms with Crippen LogP contribution in [0.2, 0.25) is 0 Å². The van der Waals surface area contributed by atoms with Crippen molar-refractivity contribution < 1.29 is 39.0 Å². The Balaban J connectivity index is 0.838. The smallest absolute Gasteiger partial charge is 0.269 e. The summed E-state index contributed by atoms with van der Waals surface area (Å²) < 4.78 is 25.5. The Bertz CT molecular complexity index is 3140. The van der Waals surface area contributed by atoms with Crippen LogP contribution < -0.4 is 29.8 Å². The zero-order chi connectivity index (χ0) is 54.4. The summed E-state index contributed by atoms with van der Waals surface area (Å²) in [5.74, 6) is 3.23. The van der Waals surface area contributed by atoms with Crippen molar-refractivity contribution in [2.75, 3.05) is 37.3 Å². The third kappa shape index (κ3) is 13.6. The zero-order valence-electron chi connectivity index (χ0n) is 43.2. The lowest BCUT2D eigenvalue weighted by Crippen LogP contribution is -2.10. The van der Waals surface area contributed by atoms with Crippen molar-refractivity contribution in [1.82, 2.24) is 0 Å². The molecule has 0 amide bonds. The average molecular weight is 1050 g/mol. The number of benzene rings is 8. The first-order valence-corrected chi connectivity index (χ1v) is 25.6. The van der Waals surface area contributed by atoms with Gasteiger partial charge >= 0.3 is 0 Å². The standard InChI is InChI=1S/C62H58N6O10/c1-41(63-65-53-21-25-55(26-22-53)67(71)72)43-17-29-57(30-18-43)75-33-7-35-77-61-49-13-5-14-50(61)38-46-10-4-12-48(60(46)70)40-52-16-6-15-51(39-47-11-3-9-45(37-49)59(47)69)62(52)78-36-8-34-76-58-31-19-44(20-32-58)42(2)64-66-54-23-27-56(28-24-54)68(73)74/h3-6,9-32,65-66,69-70H,7-8,33-40H2,1-2H3/b63-41+,64-42+. The number of hydrogen-bond donors (Lipinski definition) is 4. The van der Waals surface area contributed by atoms with E-state index in [9.17, 15) is 30.4 Å². The number of phenols is 2. The molecule has 9 rings (SSSR count). The minimum absolute atomic E-state index is 0.0108. The van der Waals surface area contributed by atoms with Gasteiger partial charge in [0.2, 0.25) is 0 Å². The number of nitrogens with one attached hydrogen (secondary N) is 2. The molecular weight excluding hydrogens is 989 g/mol. The highest BCUT2D eigenvalue weighted by molar-refractivity contribution is 5.99. The first-order chi connectivity index (χ1) is 37.9. The first-order valence-electron chi connectivity index (χ1n) is 25.6. The molecule has 1 aliphatic carbocycles. The van der Waals surface area contributed by atoms with Crippen molar-refractivity contribution in [2.24, 2.45) is 10.2 Å².